The Morgan fingerprint density at radius 1 is 1.37 bits per heavy atom. The van der Waals surface area contributed by atoms with Gasteiger partial charge in [0.15, 0.2) is 0 Å². The van der Waals surface area contributed by atoms with Crippen LogP contribution >= 0.6 is 0 Å². The largest absolute Gasteiger partial charge is 0.375 e. The van der Waals surface area contributed by atoms with Crippen LogP contribution in [0.15, 0.2) is 43.0 Å². The summed E-state index contributed by atoms with van der Waals surface area (Å²) in [5.74, 6) is 0. The smallest absolute Gasteiger partial charge is 0.317 e. The molecule has 2 amide bonds. The average Bonchev–Trinajstić information content (AvgIpc) is 3.30. The van der Waals surface area contributed by atoms with E-state index in [0.717, 1.165) is 17.7 Å². The van der Waals surface area contributed by atoms with Crippen LogP contribution in [-0.2, 0) is 16.0 Å². The van der Waals surface area contributed by atoms with E-state index >= 15 is 0 Å². The molecule has 0 aliphatic carbocycles. The molecule has 0 bridgehead atoms. The van der Waals surface area contributed by atoms with Crippen molar-refractivity contribution < 1.29 is 14.3 Å². The molecule has 3 atom stereocenters. The van der Waals surface area contributed by atoms with Gasteiger partial charge in [-0.15, -0.1) is 0 Å². The van der Waals surface area contributed by atoms with Gasteiger partial charge in [0.25, 0.3) is 0 Å². The van der Waals surface area contributed by atoms with Crippen LogP contribution in [0.5, 0.6) is 0 Å². The molecule has 3 heterocycles. The Hall–Kier alpha value is -2.38. The molecule has 2 aromatic rings. The predicted octanol–water partition coefficient (Wildman–Crippen LogP) is 2.35. The summed E-state index contributed by atoms with van der Waals surface area (Å²) in [5.41, 5.74) is 1.67. The Labute approximate surface area is 159 Å². The van der Waals surface area contributed by atoms with E-state index < -0.39 is 0 Å². The zero-order chi connectivity index (χ0) is 18.9. The van der Waals surface area contributed by atoms with Crippen molar-refractivity contribution in [2.24, 2.45) is 0 Å². The summed E-state index contributed by atoms with van der Waals surface area (Å²) in [7, 11) is 0. The van der Waals surface area contributed by atoms with E-state index in [1.54, 1.807) is 12.5 Å². The Kier molecular flexibility index (Phi) is 4.88. The summed E-state index contributed by atoms with van der Waals surface area (Å²) in [6, 6.07) is 7.93. The summed E-state index contributed by atoms with van der Waals surface area (Å²) in [4.78, 5) is 18.8. The van der Waals surface area contributed by atoms with Gasteiger partial charge in [0.1, 0.15) is 5.60 Å². The number of carbonyl (C=O) groups is 1. The highest BCUT2D eigenvalue weighted by Crippen LogP contribution is 2.35. The fourth-order valence-electron chi connectivity index (χ4n) is 4.05. The van der Waals surface area contributed by atoms with Crippen LogP contribution in [0.2, 0.25) is 0 Å². The third-order valence-corrected chi connectivity index (χ3v) is 5.50. The predicted molar refractivity (Wildman–Crippen MR) is 101 cm³/mol. The number of aromatic nitrogens is 2. The third-order valence-electron chi connectivity index (χ3n) is 5.50. The zero-order valence-corrected chi connectivity index (χ0v) is 15.8. The number of ether oxygens (including phenoxy) is 2. The topological polar surface area (TPSA) is 68.6 Å². The number of nitrogens with one attached hydrogen (secondary N) is 1. The number of amides is 2. The van der Waals surface area contributed by atoms with Crippen molar-refractivity contribution in [2.75, 3.05) is 19.7 Å². The lowest BCUT2D eigenvalue weighted by atomic mass is 9.93. The molecular weight excluding hydrogens is 344 g/mol. The lowest BCUT2D eigenvalue weighted by Crippen LogP contribution is -2.60. The average molecular weight is 370 g/mol. The van der Waals surface area contributed by atoms with Crippen LogP contribution in [0.25, 0.3) is 5.69 Å². The van der Waals surface area contributed by atoms with Gasteiger partial charge in [0, 0.05) is 38.5 Å². The van der Waals surface area contributed by atoms with Gasteiger partial charge in [-0.05, 0) is 25.5 Å². The Morgan fingerprint density at radius 2 is 2.22 bits per heavy atom. The number of rotatable bonds is 3. The molecule has 27 heavy (non-hydrogen) atoms. The van der Waals surface area contributed by atoms with Crippen molar-refractivity contribution in [1.29, 1.82) is 0 Å². The number of nitrogens with zero attached hydrogens (tertiary/aromatic N) is 3. The van der Waals surface area contributed by atoms with Crippen molar-refractivity contribution in [2.45, 2.75) is 44.6 Å². The second-order valence-electron chi connectivity index (χ2n) is 7.39. The molecule has 2 aliphatic rings. The number of hydrogen-bond acceptors (Lipinski definition) is 4. The van der Waals surface area contributed by atoms with Crippen molar-refractivity contribution in [3.63, 3.8) is 0 Å². The first-order valence-electron chi connectivity index (χ1n) is 9.46. The SMILES string of the molecule is CC1CN(C(=O)NCc2ccccc2-n2ccnc2)CC2(CCOC2C)O1. The second-order valence-corrected chi connectivity index (χ2v) is 7.39. The first kappa shape index (κ1) is 18.0. The molecule has 2 saturated heterocycles. The quantitative estimate of drug-likeness (QED) is 0.901. The number of imidazole rings is 1. The molecule has 144 valence electrons. The van der Waals surface area contributed by atoms with Crippen molar-refractivity contribution >= 4 is 6.03 Å². The summed E-state index contributed by atoms with van der Waals surface area (Å²) in [5, 5.41) is 3.07. The Morgan fingerprint density at radius 3 is 2.96 bits per heavy atom. The van der Waals surface area contributed by atoms with E-state index in [1.807, 2.05) is 53.8 Å². The van der Waals surface area contributed by atoms with E-state index in [0.29, 0.717) is 26.2 Å². The van der Waals surface area contributed by atoms with Crippen LogP contribution < -0.4 is 5.32 Å². The van der Waals surface area contributed by atoms with Crippen molar-refractivity contribution in [1.82, 2.24) is 19.8 Å². The highest BCUT2D eigenvalue weighted by Gasteiger charge is 2.48. The second kappa shape index (κ2) is 7.32. The number of morpholine rings is 1. The first-order valence-corrected chi connectivity index (χ1v) is 9.46. The van der Waals surface area contributed by atoms with E-state index in [-0.39, 0.29) is 23.8 Å². The maximum atomic E-state index is 12.9. The minimum atomic E-state index is -0.385. The van der Waals surface area contributed by atoms with Gasteiger partial charge in [0.2, 0.25) is 0 Å². The van der Waals surface area contributed by atoms with Gasteiger partial charge < -0.3 is 24.3 Å². The molecule has 4 rings (SSSR count). The van der Waals surface area contributed by atoms with Crippen molar-refractivity contribution in [3.8, 4) is 5.69 Å². The van der Waals surface area contributed by atoms with Crippen molar-refractivity contribution in [3.05, 3.63) is 48.5 Å². The summed E-state index contributed by atoms with van der Waals surface area (Å²) in [6.45, 7) is 6.33. The number of urea groups is 1. The van der Waals surface area contributed by atoms with Crippen LogP contribution in [0.3, 0.4) is 0 Å². The molecule has 7 heteroatoms. The Balaban J connectivity index is 1.44. The molecule has 1 spiro atoms. The number of hydrogen-bond donors (Lipinski definition) is 1. The normalized spacial score (nSPS) is 27.9. The van der Waals surface area contributed by atoms with E-state index in [9.17, 15) is 4.79 Å². The minimum Gasteiger partial charge on any atom is -0.375 e. The van der Waals surface area contributed by atoms with Crippen LogP contribution in [0, 0.1) is 0 Å². The monoisotopic (exact) mass is 370 g/mol. The number of benzene rings is 1. The van der Waals surface area contributed by atoms with Crippen LogP contribution in [-0.4, -0.2) is 58.0 Å². The summed E-state index contributed by atoms with van der Waals surface area (Å²) >= 11 is 0. The summed E-state index contributed by atoms with van der Waals surface area (Å²) in [6.07, 6.45) is 6.22. The maximum absolute atomic E-state index is 12.9. The molecule has 1 aromatic carbocycles. The fraction of sp³-hybridized carbons (Fsp3) is 0.500. The Bertz CT molecular complexity index is 794. The lowest BCUT2D eigenvalue weighted by molar-refractivity contribution is -0.159. The zero-order valence-electron chi connectivity index (χ0n) is 15.8. The van der Waals surface area contributed by atoms with Gasteiger partial charge in [-0.25, -0.2) is 9.78 Å². The maximum Gasteiger partial charge on any atom is 0.317 e. The first-order chi connectivity index (χ1) is 13.1. The molecule has 0 saturated carbocycles. The molecule has 2 fully saturated rings. The van der Waals surface area contributed by atoms with E-state index in [2.05, 4.69) is 10.3 Å². The third kappa shape index (κ3) is 3.57. The van der Waals surface area contributed by atoms with Crippen LogP contribution in [0.4, 0.5) is 4.79 Å². The molecule has 3 unspecified atom stereocenters. The highest BCUT2D eigenvalue weighted by molar-refractivity contribution is 5.74. The summed E-state index contributed by atoms with van der Waals surface area (Å²) < 4.78 is 13.9. The number of carbonyl (C=O) groups excluding carboxylic acids is 1. The minimum absolute atomic E-state index is 0.00230. The van der Waals surface area contributed by atoms with Gasteiger partial charge in [-0.1, -0.05) is 18.2 Å². The molecule has 2 aliphatic heterocycles. The van der Waals surface area contributed by atoms with Gasteiger partial charge in [0.05, 0.1) is 30.8 Å². The van der Waals surface area contributed by atoms with E-state index in [1.165, 1.54) is 0 Å². The molecule has 7 nitrogen and oxygen atoms in total. The fourth-order valence-corrected chi connectivity index (χ4v) is 4.05. The standard InChI is InChI=1S/C20H26N4O3/c1-15-12-24(13-20(27-15)7-10-26-16(20)2)19(25)22-11-17-5-3-4-6-18(17)23-9-8-21-14-23/h3-6,8-9,14-16H,7,10-13H2,1-2H3,(H,22,25). The lowest BCUT2D eigenvalue weighted by Gasteiger charge is -2.45. The molecule has 1 N–H and O–H groups in total. The molecule has 0 radical (unpaired) electrons. The van der Waals surface area contributed by atoms with Gasteiger partial charge in [-0.3, -0.25) is 0 Å². The van der Waals surface area contributed by atoms with Gasteiger partial charge in [-0.2, -0.15) is 0 Å². The van der Waals surface area contributed by atoms with Crippen LogP contribution in [0.1, 0.15) is 25.8 Å². The molecular formula is C20H26N4O3. The highest BCUT2D eigenvalue weighted by atomic mass is 16.6. The number of para-hydroxylation sites is 1. The van der Waals surface area contributed by atoms with E-state index in [4.69, 9.17) is 9.47 Å². The molecule has 1 aromatic heterocycles. The van der Waals surface area contributed by atoms with Gasteiger partial charge >= 0.3 is 6.03 Å².